The van der Waals surface area contributed by atoms with Gasteiger partial charge in [-0.3, -0.25) is 5.32 Å². The minimum absolute atomic E-state index is 0.229. The molecule has 0 saturated carbocycles. The monoisotopic (exact) mass is 119 g/mol. The summed E-state index contributed by atoms with van der Waals surface area (Å²) in [4.78, 5) is 0. The van der Waals surface area contributed by atoms with E-state index in [1.165, 1.54) is 0 Å². The largest absolute Gasteiger partial charge is 0.350 e. The van der Waals surface area contributed by atoms with Gasteiger partial charge in [0, 0.05) is 13.0 Å². The van der Waals surface area contributed by atoms with Crippen LogP contribution in [0.1, 0.15) is 19.3 Å². The van der Waals surface area contributed by atoms with Crippen LogP contribution in [0.5, 0.6) is 0 Å². The number of hydrogen-bond acceptors (Lipinski definition) is 2. The molecule has 1 aliphatic rings. The molecule has 0 aromatic heterocycles. The molecule has 0 aromatic rings. The Morgan fingerprint density at radius 2 is 2.25 bits per heavy atom. The van der Waals surface area contributed by atoms with Gasteiger partial charge in [-0.05, 0) is 12.8 Å². The van der Waals surface area contributed by atoms with Gasteiger partial charge in [-0.2, -0.15) is 4.39 Å². The first-order valence-corrected chi connectivity index (χ1v) is 2.87. The smallest absolute Gasteiger partial charge is 0.263 e. The Balaban J connectivity index is 2.33. The van der Waals surface area contributed by atoms with Crippen molar-refractivity contribution in [1.82, 2.24) is 5.32 Å². The molecular formula is C5H10FNO. The predicted molar refractivity (Wildman–Crippen MR) is 27.9 cm³/mol. The second-order valence-corrected chi connectivity index (χ2v) is 2.14. The van der Waals surface area contributed by atoms with Crippen LogP contribution < -0.4 is 5.32 Å². The molecule has 2 nitrogen and oxygen atoms in total. The van der Waals surface area contributed by atoms with Crippen molar-refractivity contribution in [3.8, 4) is 0 Å². The third-order valence-corrected chi connectivity index (χ3v) is 1.33. The van der Waals surface area contributed by atoms with Crippen LogP contribution in [-0.2, 0) is 0 Å². The summed E-state index contributed by atoms with van der Waals surface area (Å²) in [7, 11) is 0. The molecule has 1 unspecified atom stereocenters. The average molecular weight is 119 g/mol. The fourth-order valence-electron chi connectivity index (χ4n) is 0.853. The van der Waals surface area contributed by atoms with Crippen molar-refractivity contribution < 1.29 is 9.50 Å². The van der Waals surface area contributed by atoms with Crippen LogP contribution in [0.2, 0.25) is 0 Å². The molecule has 1 rings (SSSR count). The Kier molecular flexibility index (Phi) is 1.49. The van der Waals surface area contributed by atoms with Crippen molar-refractivity contribution in [2.45, 2.75) is 25.2 Å². The SMILES string of the molecule is OC1(F)CCCCN1. The minimum Gasteiger partial charge on any atom is -0.350 e. The lowest BCUT2D eigenvalue weighted by atomic mass is 10.1. The number of hydrogen-bond donors (Lipinski definition) is 2. The first-order valence-electron chi connectivity index (χ1n) is 2.87. The molecule has 0 bridgehead atoms. The molecule has 2 N–H and O–H groups in total. The van der Waals surface area contributed by atoms with Crippen LogP contribution >= 0.6 is 0 Å². The molecule has 1 aliphatic heterocycles. The van der Waals surface area contributed by atoms with E-state index in [0.29, 0.717) is 6.54 Å². The van der Waals surface area contributed by atoms with Gasteiger partial charge in [0.05, 0.1) is 0 Å². The molecular weight excluding hydrogens is 109 g/mol. The summed E-state index contributed by atoms with van der Waals surface area (Å²) in [6, 6.07) is 0. The molecule has 1 heterocycles. The van der Waals surface area contributed by atoms with E-state index in [2.05, 4.69) is 5.32 Å². The molecule has 0 aliphatic carbocycles. The van der Waals surface area contributed by atoms with E-state index < -0.39 is 5.98 Å². The number of rotatable bonds is 0. The zero-order valence-electron chi connectivity index (χ0n) is 4.65. The van der Waals surface area contributed by atoms with Gasteiger partial charge in [-0.25, -0.2) is 0 Å². The van der Waals surface area contributed by atoms with E-state index in [1.54, 1.807) is 0 Å². The maximum absolute atomic E-state index is 12.3. The predicted octanol–water partition coefficient (Wildman–Crippen LogP) is 0.376. The fourth-order valence-corrected chi connectivity index (χ4v) is 0.853. The fraction of sp³-hybridized carbons (Fsp3) is 1.00. The summed E-state index contributed by atoms with van der Waals surface area (Å²) < 4.78 is 12.3. The van der Waals surface area contributed by atoms with E-state index in [1.807, 2.05) is 0 Å². The molecule has 0 radical (unpaired) electrons. The summed E-state index contributed by atoms with van der Waals surface area (Å²) in [6.07, 6.45) is 1.97. The Morgan fingerprint density at radius 1 is 1.50 bits per heavy atom. The highest BCUT2D eigenvalue weighted by atomic mass is 19.2. The zero-order chi connectivity index (χ0) is 6.04. The molecule has 1 atom stereocenters. The highest BCUT2D eigenvalue weighted by Crippen LogP contribution is 2.16. The number of halogens is 1. The van der Waals surface area contributed by atoms with Crippen LogP contribution in [0.25, 0.3) is 0 Å². The van der Waals surface area contributed by atoms with Crippen molar-refractivity contribution in [3.63, 3.8) is 0 Å². The first kappa shape index (κ1) is 5.98. The molecule has 0 spiro atoms. The van der Waals surface area contributed by atoms with Crippen LogP contribution in [-0.4, -0.2) is 17.6 Å². The van der Waals surface area contributed by atoms with E-state index >= 15 is 0 Å². The summed E-state index contributed by atoms with van der Waals surface area (Å²) in [5.41, 5.74) is 0. The van der Waals surface area contributed by atoms with E-state index in [9.17, 15) is 4.39 Å². The minimum atomic E-state index is -2.07. The lowest BCUT2D eigenvalue weighted by Crippen LogP contribution is -2.44. The van der Waals surface area contributed by atoms with Crippen LogP contribution in [0.4, 0.5) is 4.39 Å². The quantitative estimate of drug-likeness (QED) is 0.452. The normalized spacial score (nSPS) is 39.8. The molecule has 1 saturated heterocycles. The standard InChI is InChI=1S/C5H10FNO/c6-5(8)3-1-2-4-7-5/h7-8H,1-4H2. The Bertz CT molecular complexity index is 76.5. The van der Waals surface area contributed by atoms with Crippen LogP contribution in [0, 0.1) is 0 Å². The van der Waals surface area contributed by atoms with Crippen LogP contribution in [0.3, 0.4) is 0 Å². The summed E-state index contributed by atoms with van der Waals surface area (Å²) in [6.45, 7) is 0.590. The molecule has 0 amide bonds. The lowest BCUT2D eigenvalue weighted by Gasteiger charge is -2.24. The van der Waals surface area contributed by atoms with Crippen molar-refractivity contribution in [1.29, 1.82) is 0 Å². The average Bonchev–Trinajstić information content (AvgIpc) is 1.65. The Hall–Kier alpha value is -0.150. The summed E-state index contributed by atoms with van der Waals surface area (Å²) in [5.74, 6) is -2.07. The van der Waals surface area contributed by atoms with E-state index in [0.717, 1.165) is 12.8 Å². The van der Waals surface area contributed by atoms with Gasteiger partial charge >= 0.3 is 0 Å². The molecule has 0 aromatic carbocycles. The third kappa shape index (κ3) is 1.42. The maximum Gasteiger partial charge on any atom is 0.263 e. The molecule has 48 valence electrons. The first-order chi connectivity index (χ1) is 3.71. The molecule has 3 heteroatoms. The zero-order valence-corrected chi connectivity index (χ0v) is 4.65. The van der Waals surface area contributed by atoms with Gasteiger partial charge in [-0.1, -0.05) is 0 Å². The highest BCUT2D eigenvalue weighted by Gasteiger charge is 2.26. The number of alkyl halides is 1. The topological polar surface area (TPSA) is 32.3 Å². The van der Waals surface area contributed by atoms with Gasteiger partial charge in [0.1, 0.15) is 0 Å². The second-order valence-electron chi connectivity index (χ2n) is 2.14. The second kappa shape index (κ2) is 1.99. The Morgan fingerprint density at radius 3 is 2.50 bits per heavy atom. The van der Waals surface area contributed by atoms with Gasteiger partial charge in [0.2, 0.25) is 0 Å². The van der Waals surface area contributed by atoms with Crippen molar-refractivity contribution in [3.05, 3.63) is 0 Å². The third-order valence-electron chi connectivity index (χ3n) is 1.33. The Labute approximate surface area is 47.7 Å². The van der Waals surface area contributed by atoms with E-state index in [4.69, 9.17) is 5.11 Å². The summed E-state index contributed by atoms with van der Waals surface area (Å²) >= 11 is 0. The van der Waals surface area contributed by atoms with Crippen molar-refractivity contribution >= 4 is 0 Å². The highest BCUT2D eigenvalue weighted by molar-refractivity contribution is 4.68. The molecule has 1 fully saturated rings. The number of nitrogens with one attached hydrogen (secondary N) is 1. The van der Waals surface area contributed by atoms with E-state index in [-0.39, 0.29) is 6.42 Å². The number of piperidine rings is 1. The lowest BCUT2D eigenvalue weighted by molar-refractivity contribution is -0.133. The van der Waals surface area contributed by atoms with Gasteiger partial charge < -0.3 is 5.11 Å². The van der Waals surface area contributed by atoms with Gasteiger partial charge in [0.15, 0.2) is 0 Å². The number of aliphatic hydroxyl groups is 1. The van der Waals surface area contributed by atoms with Crippen molar-refractivity contribution in [2.75, 3.05) is 6.54 Å². The van der Waals surface area contributed by atoms with Crippen molar-refractivity contribution in [2.24, 2.45) is 0 Å². The van der Waals surface area contributed by atoms with Gasteiger partial charge in [-0.15, -0.1) is 0 Å². The maximum atomic E-state index is 12.3. The molecule has 8 heavy (non-hydrogen) atoms. The van der Waals surface area contributed by atoms with Gasteiger partial charge in [0.25, 0.3) is 5.98 Å². The van der Waals surface area contributed by atoms with Crippen LogP contribution in [0.15, 0.2) is 0 Å². The summed E-state index contributed by atoms with van der Waals surface area (Å²) in [5, 5.41) is 10.9.